The molecule has 0 unspecified atom stereocenters. The number of carbonyl (C=O) groups excluding carboxylic acids is 3. The van der Waals surface area contributed by atoms with Crippen molar-refractivity contribution in [3.63, 3.8) is 0 Å². The standard InChI is InChI=1S/C16H9F3N2O4/c17-16(18,19)15(24)20-8-2-1-3-9(6-8)25-10-4-5-11-12(7-10)14(23)21-13(11)22/h1-7H,(H,20,24)(H,21,22,23). The summed E-state index contributed by atoms with van der Waals surface area (Å²) in [6, 6.07) is 9.51. The molecule has 6 nitrogen and oxygen atoms in total. The highest BCUT2D eigenvalue weighted by molar-refractivity contribution is 6.21. The molecule has 9 heteroatoms. The molecule has 25 heavy (non-hydrogen) atoms. The van der Waals surface area contributed by atoms with Crippen molar-refractivity contribution in [1.82, 2.24) is 5.32 Å². The molecule has 2 N–H and O–H groups in total. The summed E-state index contributed by atoms with van der Waals surface area (Å²) in [6.07, 6.45) is -5.00. The third-order valence-electron chi connectivity index (χ3n) is 3.29. The SMILES string of the molecule is O=C1NC(=O)c2cc(Oc3cccc(NC(=O)C(F)(F)F)c3)ccc21. The normalized spacial score (nSPS) is 13.2. The van der Waals surface area contributed by atoms with Crippen LogP contribution in [0.1, 0.15) is 20.7 Å². The molecule has 0 aromatic heterocycles. The number of fused-ring (bicyclic) bond motifs is 1. The van der Waals surface area contributed by atoms with Crippen molar-refractivity contribution in [2.24, 2.45) is 0 Å². The van der Waals surface area contributed by atoms with Crippen LogP contribution in [0.2, 0.25) is 0 Å². The fraction of sp³-hybridized carbons (Fsp3) is 0.0625. The molecular weight excluding hydrogens is 341 g/mol. The molecule has 0 saturated heterocycles. The predicted molar refractivity (Wildman–Crippen MR) is 79.4 cm³/mol. The molecule has 0 radical (unpaired) electrons. The third kappa shape index (κ3) is 3.44. The maximum absolute atomic E-state index is 12.3. The zero-order valence-corrected chi connectivity index (χ0v) is 12.3. The molecule has 0 fully saturated rings. The Labute approximate surface area is 138 Å². The van der Waals surface area contributed by atoms with E-state index in [2.05, 4.69) is 5.32 Å². The predicted octanol–water partition coefficient (Wildman–Crippen LogP) is 2.86. The second-order valence-electron chi connectivity index (χ2n) is 5.07. The molecule has 128 valence electrons. The van der Waals surface area contributed by atoms with Crippen LogP contribution >= 0.6 is 0 Å². The van der Waals surface area contributed by atoms with Crippen LogP contribution in [0.4, 0.5) is 18.9 Å². The summed E-state index contributed by atoms with van der Waals surface area (Å²) < 4.78 is 42.3. The quantitative estimate of drug-likeness (QED) is 0.834. The summed E-state index contributed by atoms with van der Waals surface area (Å²) in [5, 5.41) is 3.84. The molecule has 1 aliphatic heterocycles. The van der Waals surface area contributed by atoms with Gasteiger partial charge in [0, 0.05) is 11.8 Å². The van der Waals surface area contributed by atoms with Crippen molar-refractivity contribution in [2.75, 3.05) is 5.32 Å². The minimum atomic E-state index is -5.00. The summed E-state index contributed by atoms with van der Waals surface area (Å²) in [7, 11) is 0. The Hall–Kier alpha value is -3.36. The summed E-state index contributed by atoms with van der Waals surface area (Å²) in [4.78, 5) is 34.0. The highest BCUT2D eigenvalue weighted by Crippen LogP contribution is 2.28. The molecule has 0 saturated carbocycles. The van der Waals surface area contributed by atoms with Gasteiger partial charge in [-0.05, 0) is 30.3 Å². The minimum absolute atomic E-state index is 0.103. The molecule has 0 aliphatic carbocycles. The van der Waals surface area contributed by atoms with Crippen molar-refractivity contribution < 1.29 is 32.3 Å². The molecule has 1 heterocycles. The smallest absolute Gasteiger partial charge is 0.457 e. The van der Waals surface area contributed by atoms with Gasteiger partial charge in [0.25, 0.3) is 11.8 Å². The number of anilines is 1. The van der Waals surface area contributed by atoms with Crippen LogP contribution in [0.3, 0.4) is 0 Å². The molecule has 3 rings (SSSR count). The maximum Gasteiger partial charge on any atom is 0.471 e. The first-order valence-corrected chi connectivity index (χ1v) is 6.90. The Morgan fingerprint density at radius 2 is 1.64 bits per heavy atom. The van der Waals surface area contributed by atoms with Crippen molar-refractivity contribution in [2.45, 2.75) is 6.18 Å². The molecule has 1 aliphatic rings. The van der Waals surface area contributed by atoms with Crippen molar-refractivity contribution >= 4 is 23.4 Å². The maximum atomic E-state index is 12.3. The number of halogens is 3. The summed E-state index contributed by atoms with van der Waals surface area (Å²) in [5.41, 5.74) is 0.251. The van der Waals surface area contributed by atoms with Crippen LogP contribution in [0.25, 0.3) is 0 Å². The molecule has 2 aromatic carbocycles. The van der Waals surface area contributed by atoms with Crippen LogP contribution in [-0.2, 0) is 4.79 Å². The van der Waals surface area contributed by atoms with E-state index in [0.717, 1.165) is 0 Å². The monoisotopic (exact) mass is 350 g/mol. The van der Waals surface area contributed by atoms with E-state index in [0.29, 0.717) is 0 Å². The van der Waals surface area contributed by atoms with Gasteiger partial charge in [0.2, 0.25) is 0 Å². The molecule has 0 bridgehead atoms. The van der Waals surface area contributed by atoms with Gasteiger partial charge in [-0.2, -0.15) is 13.2 Å². The Kier molecular flexibility index (Phi) is 3.91. The van der Waals surface area contributed by atoms with Crippen LogP contribution in [0.5, 0.6) is 11.5 Å². The lowest BCUT2D eigenvalue weighted by molar-refractivity contribution is -0.167. The van der Waals surface area contributed by atoms with Gasteiger partial charge in [0.15, 0.2) is 0 Å². The van der Waals surface area contributed by atoms with Gasteiger partial charge in [-0.15, -0.1) is 0 Å². The summed E-state index contributed by atoms with van der Waals surface area (Å²) >= 11 is 0. The second-order valence-corrected chi connectivity index (χ2v) is 5.07. The average Bonchev–Trinajstić information content (AvgIpc) is 2.81. The summed E-state index contributed by atoms with van der Waals surface area (Å²) in [5.74, 6) is -2.81. The topological polar surface area (TPSA) is 84.5 Å². The van der Waals surface area contributed by atoms with Gasteiger partial charge >= 0.3 is 12.1 Å². The number of hydrogen-bond acceptors (Lipinski definition) is 4. The average molecular weight is 350 g/mol. The van der Waals surface area contributed by atoms with E-state index < -0.39 is 23.9 Å². The van der Waals surface area contributed by atoms with E-state index in [1.165, 1.54) is 42.5 Å². The lowest BCUT2D eigenvalue weighted by atomic mass is 10.1. The Morgan fingerprint density at radius 1 is 0.960 bits per heavy atom. The number of benzene rings is 2. The Bertz CT molecular complexity index is 893. The van der Waals surface area contributed by atoms with Gasteiger partial charge in [0.05, 0.1) is 11.1 Å². The van der Waals surface area contributed by atoms with E-state index >= 15 is 0 Å². The Morgan fingerprint density at radius 3 is 2.36 bits per heavy atom. The van der Waals surface area contributed by atoms with Crippen molar-refractivity contribution in [3.8, 4) is 11.5 Å². The van der Waals surface area contributed by atoms with E-state index in [4.69, 9.17) is 4.74 Å². The number of nitrogens with one attached hydrogen (secondary N) is 2. The number of amides is 3. The number of carbonyl (C=O) groups is 3. The van der Waals surface area contributed by atoms with Crippen LogP contribution in [0.15, 0.2) is 42.5 Å². The fourth-order valence-corrected chi connectivity index (χ4v) is 2.19. The molecule has 2 aromatic rings. The number of hydrogen-bond donors (Lipinski definition) is 2. The lowest BCUT2D eigenvalue weighted by Crippen LogP contribution is -2.29. The minimum Gasteiger partial charge on any atom is -0.457 e. The molecular formula is C16H9F3N2O4. The first-order chi connectivity index (χ1) is 11.7. The number of alkyl halides is 3. The van der Waals surface area contributed by atoms with Gasteiger partial charge in [-0.1, -0.05) is 6.07 Å². The highest BCUT2D eigenvalue weighted by atomic mass is 19.4. The van der Waals surface area contributed by atoms with E-state index in [9.17, 15) is 27.6 Å². The lowest BCUT2D eigenvalue weighted by Gasteiger charge is -2.10. The van der Waals surface area contributed by atoms with Gasteiger partial charge in [-0.3, -0.25) is 19.7 Å². The second kappa shape index (κ2) is 5.93. The number of imide groups is 1. The molecule has 0 atom stereocenters. The zero-order chi connectivity index (χ0) is 18.2. The van der Waals surface area contributed by atoms with E-state index in [-0.39, 0.29) is 28.3 Å². The third-order valence-corrected chi connectivity index (χ3v) is 3.29. The Balaban J connectivity index is 1.79. The summed E-state index contributed by atoms with van der Waals surface area (Å²) in [6.45, 7) is 0. The fourth-order valence-electron chi connectivity index (χ4n) is 2.19. The van der Waals surface area contributed by atoms with Crippen molar-refractivity contribution in [3.05, 3.63) is 53.6 Å². The molecule has 0 spiro atoms. The van der Waals surface area contributed by atoms with E-state index in [1.807, 2.05) is 0 Å². The van der Waals surface area contributed by atoms with Crippen LogP contribution in [0, 0.1) is 0 Å². The number of ether oxygens (including phenoxy) is 1. The van der Waals surface area contributed by atoms with Crippen molar-refractivity contribution in [1.29, 1.82) is 0 Å². The largest absolute Gasteiger partial charge is 0.471 e. The van der Waals surface area contributed by atoms with Gasteiger partial charge in [-0.25, -0.2) is 0 Å². The van der Waals surface area contributed by atoms with Crippen LogP contribution < -0.4 is 15.4 Å². The highest BCUT2D eigenvalue weighted by Gasteiger charge is 2.38. The molecule has 3 amide bonds. The van der Waals surface area contributed by atoms with Gasteiger partial charge in [0.1, 0.15) is 11.5 Å². The first-order valence-electron chi connectivity index (χ1n) is 6.90. The van der Waals surface area contributed by atoms with Gasteiger partial charge < -0.3 is 10.1 Å². The van der Waals surface area contributed by atoms with E-state index in [1.54, 1.807) is 5.32 Å². The number of rotatable bonds is 3. The zero-order valence-electron chi connectivity index (χ0n) is 12.3. The first kappa shape index (κ1) is 16.5. The van der Waals surface area contributed by atoms with Crippen LogP contribution in [-0.4, -0.2) is 23.9 Å².